The Morgan fingerprint density at radius 3 is 2.42 bits per heavy atom. The second kappa shape index (κ2) is 10.7. The van der Waals surface area contributed by atoms with Crippen LogP contribution < -0.4 is 5.32 Å². The van der Waals surface area contributed by atoms with Crippen LogP contribution in [0.4, 0.5) is 0 Å². The molecule has 4 heteroatoms. The van der Waals surface area contributed by atoms with Gasteiger partial charge in [-0.3, -0.25) is 4.99 Å². The third-order valence-corrected chi connectivity index (χ3v) is 3.84. The van der Waals surface area contributed by atoms with Gasteiger partial charge in [-0.2, -0.15) is 0 Å². The highest BCUT2D eigenvalue weighted by molar-refractivity contribution is 14.0. The Hall–Kier alpha value is 0. The number of rotatable bonds is 5. The minimum atomic E-state index is 0. The standard InChI is InChI=1S/C15H31N3.HI/c1-5-16-15(18(3)4)17-13(2)11-12-14-9-7-6-8-10-14;/h13-14H,5-12H2,1-4H3,(H,16,17);1H. The van der Waals surface area contributed by atoms with Gasteiger partial charge in [0.05, 0.1) is 0 Å². The van der Waals surface area contributed by atoms with Gasteiger partial charge < -0.3 is 10.2 Å². The summed E-state index contributed by atoms with van der Waals surface area (Å²) in [5.41, 5.74) is 0. The predicted octanol–water partition coefficient (Wildman–Crippen LogP) is 3.88. The highest BCUT2D eigenvalue weighted by atomic mass is 127. The Morgan fingerprint density at radius 1 is 1.26 bits per heavy atom. The molecule has 0 aromatic carbocycles. The van der Waals surface area contributed by atoms with Crippen LogP contribution in [0.25, 0.3) is 0 Å². The van der Waals surface area contributed by atoms with E-state index in [9.17, 15) is 0 Å². The fraction of sp³-hybridized carbons (Fsp3) is 0.933. The van der Waals surface area contributed by atoms with Gasteiger partial charge in [0.1, 0.15) is 0 Å². The number of aliphatic imine (C=N–C) groups is 1. The largest absolute Gasteiger partial charge is 0.354 e. The lowest BCUT2D eigenvalue weighted by Gasteiger charge is -2.25. The number of halogens is 1. The van der Waals surface area contributed by atoms with E-state index in [2.05, 4.69) is 43.2 Å². The van der Waals surface area contributed by atoms with Gasteiger partial charge >= 0.3 is 0 Å². The van der Waals surface area contributed by atoms with Gasteiger partial charge in [0.15, 0.2) is 5.96 Å². The second-order valence-electron chi connectivity index (χ2n) is 5.82. The van der Waals surface area contributed by atoms with Crippen molar-refractivity contribution in [3.05, 3.63) is 0 Å². The molecule has 1 atom stereocenters. The molecule has 114 valence electrons. The van der Waals surface area contributed by atoms with Gasteiger partial charge in [0.25, 0.3) is 0 Å². The molecule has 0 aliphatic heterocycles. The molecule has 1 unspecified atom stereocenters. The van der Waals surface area contributed by atoms with Crippen molar-refractivity contribution in [2.24, 2.45) is 10.9 Å². The first-order valence-corrected chi connectivity index (χ1v) is 7.61. The summed E-state index contributed by atoms with van der Waals surface area (Å²) in [7, 11) is 4.10. The molecular weight excluding hydrogens is 349 g/mol. The molecule has 1 aliphatic carbocycles. The van der Waals surface area contributed by atoms with Crippen molar-refractivity contribution in [1.82, 2.24) is 10.2 Å². The summed E-state index contributed by atoms with van der Waals surface area (Å²) >= 11 is 0. The molecule has 1 rings (SSSR count). The highest BCUT2D eigenvalue weighted by Crippen LogP contribution is 2.27. The number of hydrogen-bond acceptors (Lipinski definition) is 1. The lowest BCUT2D eigenvalue weighted by molar-refractivity contribution is 0.321. The minimum Gasteiger partial charge on any atom is -0.354 e. The smallest absolute Gasteiger partial charge is 0.193 e. The molecule has 1 saturated carbocycles. The minimum absolute atomic E-state index is 0. The molecular formula is C15H32IN3. The average Bonchev–Trinajstić information content (AvgIpc) is 2.37. The van der Waals surface area contributed by atoms with Crippen LogP contribution in [-0.2, 0) is 0 Å². The maximum atomic E-state index is 4.49. The van der Waals surface area contributed by atoms with Crippen LogP contribution in [0.2, 0.25) is 0 Å². The van der Waals surface area contributed by atoms with Crippen molar-refractivity contribution in [3.63, 3.8) is 0 Å². The monoisotopic (exact) mass is 381 g/mol. The SMILES string of the molecule is CCN=C(NC(C)CCC1CCCCC1)N(C)C.I. The van der Waals surface area contributed by atoms with Gasteiger partial charge in [0.2, 0.25) is 0 Å². The maximum Gasteiger partial charge on any atom is 0.193 e. The molecule has 1 aliphatic rings. The third kappa shape index (κ3) is 8.00. The molecule has 1 fully saturated rings. The van der Waals surface area contributed by atoms with Gasteiger partial charge in [-0.25, -0.2) is 0 Å². The van der Waals surface area contributed by atoms with E-state index in [-0.39, 0.29) is 24.0 Å². The summed E-state index contributed by atoms with van der Waals surface area (Å²) in [5.74, 6) is 2.00. The quantitative estimate of drug-likeness (QED) is 0.445. The van der Waals surface area contributed by atoms with E-state index in [1.54, 1.807) is 0 Å². The van der Waals surface area contributed by atoms with Crippen LogP contribution in [0.1, 0.15) is 58.8 Å². The van der Waals surface area contributed by atoms with Crippen molar-refractivity contribution < 1.29 is 0 Å². The van der Waals surface area contributed by atoms with Crippen LogP contribution >= 0.6 is 24.0 Å². The normalized spacial score (nSPS) is 18.6. The van der Waals surface area contributed by atoms with E-state index in [0.29, 0.717) is 6.04 Å². The molecule has 0 aromatic rings. The molecule has 19 heavy (non-hydrogen) atoms. The van der Waals surface area contributed by atoms with Crippen LogP contribution in [0.3, 0.4) is 0 Å². The van der Waals surface area contributed by atoms with E-state index < -0.39 is 0 Å². The third-order valence-electron chi connectivity index (χ3n) is 3.84. The van der Waals surface area contributed by atoms with Crippen molar-refractivity contribution in [1.29, 1.82) is 0 Å². The van der Waals surface area contributed by atoms with Crippen LogP contribution in [0, 0.1) is 5.92 Å². The molecule has 0 radical (unpaired) electrons. The lowest BCUT2D eigenvalue weighted by atomic mass is 9.85. The topological polar surface area (TPSA) is 27.6 Å². The van der Waals surface area contributed by atoms with E-state index >= 15 is 0 Å². The van der Waals surface area contributed by atoms with E-state index in [1.165, 1.54) is 44.9 Å². The molecule has 0 aromatic heterocycles. The molecule has 0 spiro atoms. The zero-order valence-electron chi connectivity index (χ0n) is 13.1. The van der Waals surface area contributed by atoms with Gasteiger partial charge in [-0.05, 0) is 32.6 Å². The first-order valence-electron chi connectivity index (χ1n) is 7.61. The summed E-state index contributed by atoms with van der Waals surface area (Å²) in [6.45, 7) is 5.20. The van der Waals surface area contributed by atoms with E-state index in [4.69, 9.17) is 0 Å². The summed E-state index contributed by atoms with van der Waals surface area (Å²) < 4.78 is 0. The van der Waals surface area contributed by atoms with Crippen molar-refractivity contribution >= 4 is 29.9 Å². The number of guanidine groups is 1. The second-order valence-corrected chi connectivity index (χ2v) is 5.82. The van der Waals surface area contributed by atoms with E-state index in [0.717, 1.165) is 18.4 Å². The molecule has 3 nitrogen and oxygen atoms in total. The molecule has 1 N–H and O–H groups in total. The number of nitrogens with one attached hydrogen (secondary N) is 1. The Kier molecular flexibility index (Phi) is 10.7. The van der Waals surface area contributed by atoms with Gasteiger partial charge in [-0.1, -0.05) is 32.1 Å². The predicted molar refractivity (Wildman–Crippen MR) is 95.5 cm³/mol. The fourth-order valence-electron chi connectivity index (χ4n) is 2.72. The Morgan fingerprint density at radius 2 is 1.89 bits per heavy atom. The number of hydrogen-bond donors (Lipinski definition) is 1. The highest BCUT2D eigenvalue weighted by Gasteiger charge is 2.15. The van der Waals surface area contributed by atoms with Gasteiger partial charge in [-0.15, -0.1) is 24.0 Å². The van der Waals surface area contributed by atoms with Crippen molar-refractivity contribution in [2.75, 3.05) is 20.6 Å². The molecule has 0 heterocycles. The molecule has 0 amide bonds. The van der Waals surface area contributed by atoms with Gasteiger partial charge in [0, 0.05) is 26.7 Å². The summed E-state index contributed by atoms with van der Waals surface area (Å²) in [6, 6.07) is 0.527. The first kappa shape index (κ1) is 19.0. The molecule has 0 saturated heterocycles. The van der Waals surface area contributed by atoms with Crippen molar-refractivity contribution in [2.45, 2.75) is 64.8 Å². The van der Waals surface area contributed by atoms with Crippen LogP contribution in [0.15, 0.2) is 4.99 Å². The zero-order chi connectivity index (χ0) is 13.4. The fourth-order valence-corrected chi connectivity index (χ4v) is 2.72. The Balaban J connectivity index is 0.00000324. The maximum absolute atomic E-state index is 4.49. The van der Waals surface area contributed by atoms with E-state index in [1.807, 2.05) is 0 Å². The van der Waals surface area contributed by atoms with Crippen LogP contribution in [0.5, 0.6) is 0 Å². The average molecular weight is 381 g/mol. The summed E-state index contributed by atoms with van der Waals surface area (Å²) in [6.07, 6.45) is 9.91. The first-order chi connectivity index (χ1) is 8.63. The zero-order valence-corrected chi connectivity index (χ0v) is 15.4. The Bertz CT molecular complexity index is 248. The number of nitrogens with zero attached hydrogens (tertiary/aromatic N) is 2. The summed E-state index contributed by atoms with van der Waals surface area (Å²) in [5, 5.41) is 3.53. The lowest BCUT2D eigenvalue weighted by Crippen LogP contribution is -2.41. The Labute approximate surface area is 136 Å². The molecule has 0 bridgehead atoms. The van der Waals surface area contributed by atoms with Crippen molar-refractivity contribution in [3.8, 4) is 0 Å². The van der Waals surface area contributed by atoms with Crippen LogP contribution in [-0.4, -0.2) is 37.5 Å². The summed E-state index contributed by atoms with van der Waals surface area (Å²) in [4.78, 5) is 6.56.